The number of rotatable bonds is 1. The van der Waals surface area contributed by atoms with E-state index in [4.69, 9.17) is 0 Å². The molecule has 1 amide bonds. The third-order valence-electron chi connectivity index (χ3n) is 2.86. The Kier molecular flexibility index (Phi) is 2.45. The van der Waals surface area contributed by atoms with E-state index in [1.807, 2.05) is 0 Å². The standard InChI is InChI=1S/C12H12F3NO/c1-11(2)7-16(10(11)17)9-5-3-4-8(6-9)12(13,14)15/h3-6H,7H2,1-2H3. The number of alkyl halides is 3. The van der Waals surface area contributed by atoms with Gasteiger partial charge in [-0.05, 0) is 32.0 Å². The summed E-state index contributed by atoms with van der Waals surface area (Å²) in [5, 5.41) is 0. The molecule has 1 saturated heterocycles. The molecule has 0 unspecified atom stereocenters. The van der Waals surface area contributed by atoms with E-state index in [1.54, 1.807) is 13.8 Å². The number of benzene rings is 1. The van der Waals surface area contributed by atoms with Crippen LogP contribution in [0, 0.1) is 5.41 Å². The predicted molar refractivity (Wildman–Crippen MR) is 57.6 cm³/mol. The fourth-order valence-corrected chi connectivity index (χ4v) is 1.87. The van der Waals surface area contributed by atoms with Crippen LogP contribution in [0.1, 0.15) is 19.4 Å². The fraction of sp³-hybridized carbons (Fsp3) is 0.417. The number of halogens is 3. The molecule has 0 atom stereocenters. The van der Waals surface area contributed by atoms with E-state index in [-0.39, 0.29) is 5.91 Å². The van der Waals surface area contributed by atoms with Gasteiger partial charge in [0.1, 0.15) is 0 Å². The van der Waals surface area contributed by atoms with Crippen LogP contribution in [0.25, 0.3) is 0 Å². The maximum Gasteiger partial charge on any atom is 0.416 e. The zero-order chi connectivity index (χ0) is 12.8. The first-order valence-corrected chi connectivity index (χ1v) is 5.21. The third kappa shape index (κ3) is 2.01. The molecule has 0 N–H and O–H groups in total. The van der Waals surface area contributed by atoms with Crippen LogP contribution in [0.3, 0.4) is 0 Å². The van der Waals surface area contributed by atoms with E-state index >= 15 is 0 Å². The molecule has 1 aliphatic heterocycles. The van der Waals surface area contributed by atoms with Gasteiger partial charge in [-0.3, -0.25) is 4.79 Å². The Morgan fingerprint density at radius 1 is 1.29 bits per heavy atom. The summed E-state index contributed by atoms with van der Waals surface area (Å²) in [5.41, 5.74) is -0.884. The molecule has 1 aromatic carbocycles. The Labute approximate surface area is 97.0 Å². The molecule has 2 rings (SSSR count). The highest BCUT2D eigenvalue weighted by atomic mass is 19.4. The first-order chi connectivity index (χ1) is 7.72. The SMILES string of the molecule is CC1(C)CN(c2cccc(C(F)(F)F)c2)C1=O. The van der Waals surface area contributed by atoms with Gasteiger partial charge in [-0.1, -0.05) is 6.07 Å². The molecule has 1 aliphatic rings. The van der Waals surface area contributed by atoms with Crippen molar-refractivity contribution in [3.05, 3.63) is 29.8 Å². The summed E-state index contributed by atoms with van der Waals surface area (Å²) < 4.78 is 37.5. The minimum Gasteiger partial charge on any atom is -0.311 e. The zero-order valence-electron chi connectivity index (χ0n) is 9.51. The lowest BCUT2D eigenvalue weighted by Crippen LogP contribution is -2.58. The van der Waals surface area contributed by atoms with Crippen molar-refractivity contribution in [2.24, 2.45) is 5.41 Å². The Bertz CT molecular complexity index is 465. The summed E-state index contributed by atoms with van der Waals surface area (Å²) in [5.74, 6) is -0.142. The van der Waals surface area contributed by atoms with Gasteiger partial charge >= 0.3 is 6.18 Å². The van der Waals surface area contributed by atoms with Gasteiger partial charge in [0, 0.05) is 12.2 Å². The van der Waals surface area contributed by atoms with Gasteiger partial charge in [-0.2, -0.15) is 13.2 Å². The second kappa shape index (κ2) is 3.48. The summed E-state index contributed by atoms with van der Waals surface area (Å²) in [7, 11) is 0. The Hall–Kier alpha value is -1.52. The first-order valence-electron chi connectivity index (χ1n) is 5.21. The van der Waals surface area contributed by atoms with E-state index in [0.717, 1.165) is 12.1 Å². The number of β-lactam (4-membered cyclic amide) rings is 1. The van der Waals surface area contributed by atoms with Crippen LogP contribution in [-0.4, -0.2) is 12.5 Å². The number of amides is 1. The minimum atomic E-state index is -4.38. The summed E-state index contributed by atoms with van der Waals surface area (Å²) in [6.07, 6.45) is -4.38. The normalized spacial score (nSPS) is 19.1. The molecular weight excluding hydrogens is 231 g/mol. The molecule has 0 spiro atoms. The smallest absolute Gasteiger partial charge is 0.311 e. The Morgan fingerprint density at radius 2 is 1.94 bits per heavy atom. The van der Waals surface area contributed by atoms with Gasteiger partial charge in [-0.25, -0.2) is 0 Å². The molecule has 5 heteroatoms. The van der Waals surface area contributed by atoms with Crippen molar-refractivity contribution in [1.82, 2.24) is 0 Å². The number of anilines is 1. The molecule has 2 nitrogen and oxygen atoms in total. The lowest BCUT2D eigenvalue weighted by molar-refractivity contribution is -0.138. The van der Waals surface area contributed by atoms with Crippen LogP contribution >= 0.6 is 0 Å². The number of nitrogens with zero attached hydrogens (tertiary/aromatic N) is 1. The highest BCUT2D eigenvalue weighted by Crippen LogP contribution is 2.37. The van der Waals surface area contributed by atoms with E-state index < -0.39 is 17.2 Å². The zero-order valence-corrected chi connectivity index (χ0v) is 9.51. The molecule has 0 bridgehead atoms. The van der Waals surface area contributed by atoms with Crippen molar-refractivity contribution in [3.63, 3.8) is 0 Å². The van der Waals surface area contributed by atoms with Crippen molar-refractivity contribution in [1.29, 1.82) is 0 Å². The van der Waals surface area contributed by atoms with Crippen molar-refractivity contribution in [3.8, 4) is 0 Å². The average molecular weight is 243 g/mol. The van der Waals surface area contributed by atoms with Crippen molar-refractivity contribution in [2.75, 3.05) is 11.4 Å². The van der Waals surface area contributed by atoms with Crippen molar-refractivity contribution >= 4 is 11.6 Å². The van der Waals surface area contributed by atoms with E-state index in [9.17, 15) is 18.0 Å². The van der Waals surface area contributed by atoms with E-state index in [0.29, 0.717) is 12.2 Å². The summed E-state index contributed by atoms with van der Waals surface area (Å²) in [6, 6.07) is 4.84. The molecule has 1 fully saturated rings. The second-order valence-electron chi connectivity index (χ2n) is 4.82. The average Bonchev–Trinajstić information content (AvgIpc) is 2.25. The summed E-state index contributed by atoms with van der Waals surface area (Å²) >= 11 is 0. The topological polar surface area (TPSA) is 20.3 Å². The lowest BCUT2D eigenvalue weighted by atomic mass is 9.82. The van der Waals surface area contributed by atoms with Gasteiger partial charge in [0.25, 0.3) is 0 Å². The summed E-state index contributed by atoms with van der Waals surface area (Å²) in [4.78, 5) is 13.1. The molecule has 0 saturated carbocycles. The minimum absolute atomic E-state index is 0.142. The van der Waals surface area contributed by atoms with Gasteiger partial charge in [0.05, 0.1) is 11.0 Å². The molecule has 0 aromatic heterocycles. The molecule has 17 heavy (non-hydrogen) atoms. The van der Waals surface area contributed by atoms with Gasteiger partial charge in [-0.15, -0.1) is 0 Å². The quantitative estimate of drug-likeness (QED) is 0.694. The maximum absolute atomic E-state index is 12.5. The third-order valence-corrected chi connectivity index (χ3v) is 2.86. The number of carbonyl (C=O) groups is 1. The van der Waals surface area contributed by atoms with Gasteiger partial charge in [0.15, 0.2) is 0 Å². The maximum atomic E-state index is 12.5. The van der Waals surface area contributed by atoms with Crippen LogP contribution in [0.15, 0.2) is 24.3 Å². The molecule has 0 radical (unpaired) electrons. The van der Waals surface area contributed by atoms with Crippen molar-refractivity contribution in [2.45, 2.75) is 20.0 Å². The predicted octanol–water partition coefficient (Wildman–Crippen LogP) is 3.08. The van der Waals surface area contributed by atoms with E-state index in [1.165, 1.54) is 17.0 Å². The van der Waals surface area contributed by atoms with Crippen LogP contribution in [0.5, 0.6) is 0 Å². The fourth-order valence-electron chi connectivity index (χ4n) is 1.87. The van der Waals surface area contributed by atoms with Gasteiger partial charge in [0.2, 0.25) is 5.91 Å². The van der Waals surface area contributed by atoms with Crippen LogP contribution in [0.2, 0.25) is 0 Å². The Morgan fingerprint density at radius 3 is 2.41 bits per heavy atom. The monoisotopic (exact) mass is 243 g/mol. The number of carbonyl (C=O) groups excluding carboxylic acids is 1. The van der Waals surface area contributed by atoms with Crippen LogP contribution in [0.4, 0.5) is 18.9 Å². The molecule has 0 aliphatic carbocycles. The highest BCUT2D eigenvalue weighted by molar-refractivity contribution is 6.03. The van der Waals surface area contributed by atoms with Crippen molar-refractivity contribution < 1.29 is 18.0 Å². The molecule has 1 aromatic rings. The highest BCUT2D eigenvalue weighted by Gasteiger charge is 2.45. The van der Waals surface area contributed by atoms with E-state index in [2.05, 4.69) is 0 Å². The lowest BCUT2D eigenvalue weighted by Gasteiger charge is -2.44. The largest absolute Gasteiger partial charge is 0.416 e. The molecular formula is C12H12F3NO. The second-order valence-corrected chi connectivity index (χ2v) is 4.82. The number of hydrogen-bond donors (Lipinski definition) is 0. The molecule has 92 valence electrons. The first kappa shape index (κ1) is 12.0. The number of hydrogen-bond acceptors (Lipinski definition) is 1. The Balaban J connectivity index is 2.28. The van der Waals surface area contributed by atoms with Crippen LogP contribution < -0.4 is 4.90 Å². The van der Waals surface area contributed by atoms with Gasteiger partial charge < -0.3 is 4.90 Å². The summed E-state index contributed by atoms with van der Waals surface area (Å²) in [6.45, 7) is 4.01. The van der Waals surface area contributed by atoms with Crippen LogP contribution in [-0.2, 0) is 11.0 Å². The molecule has 1 heterocycles.